The van der Waals surface area contributed by atoms with Crippen molar-refractivity contribution in [1.82, 2.24) is 4.90 Å². The molecule has 1 aliphatic rings. The van der Waals surface area contributed by atoms with Gasteiger partial charge in [0, 0.05) is 12.5 Å². The van der Waals surface area contributed by atoms with Crippen LogP contribution in [0.4, 0.5) is 4.79 Å². The summed E-state index contributed by atoms with van der Waals surface area (Å²) in [4.78, 5) is 28.6. The summed E-state index contributed by atoms with van der Waals surface area (Å²) in [5.74, 6) is -0.444. The van der Waals surface area contributed by atoms with E-state index < -0.39 is 34.4 Å². The molecule has 1 saturated heterocycles. The number of imide groups is 1. The van der Waals surface area contributed by atoms with E-state index in [4.69, 9.17) is 13.6 Å². The molecule has 0 N–H and O–H groups in total. The molecule has 1 heterocycles. The molecule has 43 heavy (non-hydrogen) atoms. The van der Waals surface area contributed by atoms with Gasteiger partial charge in [-0.05, 0) is 73.6 Å². The first kappa shape index (κ1) is 35.2. The predicted octanol–water partition coefficient (Wildman–Crippen LogP) is 7.52. The smallest absolute Gasteiger partial charge is 0.417 e. The van der Waals surface area contributed by atoms with Gasteiger partial charge in [0.15, 0.2) is 8.32 Å². The molecule has 0 aliphatic carbocycles. The largest absolute Gasteiger partial charge is 0.443 e. The number of carbonyl (C=O) groups excluding carboxylic acids is 2. The number of likely N-dealkylation sites (tertiary alicyclic amines) is 1. The van der Waals surface area contributed by atoms with Gasteiger partial charge in [-0.2, -0.15) is 0 Å². The molecule has 2 atom stereocenters. The van der Waals surface area contributed by atoms with E-state index in [1.165, 1.54) is 15.3 Å². The Balaban J connectivity index is 1.90. The SMILES string of the molecule is CC(C)(C)OC(=O)N1C(=O)[C@@H](CCCO[Si](C)(C)C(C)(C)C)C[C@H]1CO[Si](c1ccccc1)(c1ccccc1)C(C)(C)C. The van der Waals surface area contributed by atoms with Crippen molar-refractivity contribution in [3.63, 3.8) is 0 Å². The van der Waals surface area contributed by atoms with Crippen molar-refractivity contribution in [3.8, 4) is 0 Å². The average Bonchev–Trinajstić information content (AvgIpc) is 3.21. The molecular weight excluding hydrogens is 571 g/mol. The van der Waals surface area contributed by atoms with Crippen LogP contribution in [0.3, 0.4) is 0 Å². The molecule has 2 aromatic rings. The van der Waals surface area contributed by atoms with Crippen LogP contribution in [0.15, 0.2) is 60.7 Å². The number of amides is 2. The zero-order chi connectivity index (χ0) is 32.3. The van der Waals surface area contributed by atoms with Gasteiger partial charge in [0.2, 0.25) is 5.91 Å². The van der Waals surface area contributed by atoms with Crippen molar-refractivity contribution in [3.05, 3.63) is 60.7 Å². The van der Waals surface area contributed by atoms with Crippen molar-refractivity contribution in [2.24, 2.45) is 5.92 Å². The molecule has 0 aromatic heterocycles. The third kappa shape index (κ3) is 8.27. The number of hydrogen-bond acceptors (Lipinski definition) is 5. The van der Waals surface area contributed by atoms with Crippen LogP contribution in [-0.2, 0) is 18.4 Å². The second kappa shape index (κ2) is 13.4. The molecular formula is C35H55NO5Si2. The van der Waals surface area contributed by atoms with Crippen LogP contribution < -0.4 is 10.4 Å². The van der Waals surface area contributed by atoms with E-state index >= 15 is 0 Å². The Labute approximate surface area is 262 Å². The molecule has 1 fully saturated rings. The average molecular weight is 626 g/mol. The lowest BCUT2D eigenvalue weighted by atomic mass is 10.00. The second-order valence-electron chi connectivity index (χ2n) is 15.5. The summed E-state index contributed by atoms with van der Waals surface area (Å²) >= 11 is 0. The molecule has 3 rings (SSSR count). The fraction of sp³-hybridized carbons (Fsp3) is 0.600. The van der Waals surface area contributed by atoms with E-state index in [0.29, 0.717) is 19.4 Å². The first-order chi connectivity index (χ1) is 19.8. The maximum Gasteiger partial charge on any atom is 0.417 e. The standard InChI is InChI=1S/C35H55NO5Si2/c1-33(2,3)41-32(38)36-28(25-27(31(36)37)19-18-24-39-42(10,11)34(4,5)6)26-40-43(35(7,8)9,29-20-14-12-15-21-29)30-22-16-13-17-23-30/h12-17,20-23,27-28H,18-19,24-26H2,1-11H3/t27-,28-/m0/s1. The molecule has 0 saturated carbocycles. The first-order valence-corrected chi connectivity index (χ1v) is 20.6. The molecule has 0 bridgehead atoms. The van der Waals surface area contributed by atoms with E-state index in [1.54, 1.807) is 0 Å². The Kier molecular flexibility index (Phi) is 11.0. The van der Waals surface area contributed by atoms with Crippen LogP contribution in [0.2, 0.25) is 23.2 Å². The van der Waals surface area contributed by atoms with Gasteiger partial charge in [0.25, 0.3) is 8.32 Å². The number of ether oxygens (including phenoxy) is 1. The molecule has 2 amide bonds. The highest BCUT2D eigenvalue weighted by Gasteiger charge is 2.52. The topological polar surface area (TPSA) is 65.1 Å². The number of rotatable bonds is 10. The Bertz CT molecular complexity index is 1170. The summed E-state index contributed by atoms with van der Waals surface area (Å²) in [6.07, 6.45) is 1.40. The number of hydrogen-bond donors (Lipinski definition) is 0. The van der Waals surface area contributed by atoms with Crippen LogP contribution in [0.1, 0.15) is 81.6 Å². The van der Waals surface area contributed by atoms with E-state index in [9.17, 15) is 9.59 Å². The summed E-state index contributed by atoms with van der Waals surface area (Å²) < 4.78 is 19.3. The summed E-state index contributed by atoms with van der Waals surface area (Å²) in [5.41, 5.74) is -0.712. The maximum atomic E-state index is 13.8. The molecule has 0 spiro atoms. The third-order valence-electron chi connectivity index (χ3n) is 8.97. The lowest BCUT2D eigenvalue weighted by Crippen LogP contribution is -2.67. The normalized spacial score (nSPS) is 18.7. The van der Waals surface area contributed by atoms with Crippen molar-refractivity contribution < 1.29 is 23.2 Å². The van der Waals surface area contributed by atoms with Gasteiger partial charge in [0.1, 0.15) is 5.60 Å². The Morgan fingerprint density at radius 1 is 0.814 bits per heavy atom. The van der Waals surface area contributed by atoms with Gasteiger partial charge >= 0.3 is 6.09 Å². The highest BCUT2D eigenvalue weighted by Crippen LogP contribution is 2.39. The molecule has 2 aromatic carbocycles. The van der Waals surface area contributed by atoms with Crippen molar-refractivity contribution in [2.45, 2.75) is 116 Å². The highest BCUT2D eigenvalue weighted by molar-refractivity contribution is 6.99. The summed E-state index contributed by atoms with van der Waals surface area (Å²) in [6, 6.07) is 20.5. The summed E-state index contributed by atoms with van der Waals surface area (Å²) in [5, 5.41) is 2.25. The quantitative estimate of drug-likeness (QED) is 0.202. The zero-order valence-corrected chi connectivity index (χ0v) is 30.5. The summed E-state index contributed by atoms with van der Waals surface area (Å²) in [7, 11) is -4.72. The molecule has 8 heteroatoms. The fourth-order valence-electron chi connectivity index (χ4n) is 5.70. The van der Waals surface area contributed by atoms with Gasteiger partial charge in [-0.3, -0.25) is 4.79 Å². The van der Waals surface area contributed by atoms with Crippen LogP contribution in [0.25, 0.3) is 0 Å². The van der Waals surface area contributed by atoms with Crippen LogP contribution >= 0.6 is 0 Å². The fourth-order valence-corrected chi connectivity index (χ4v) is 11.4. The van der Waals surface area contributed by atoms with Gasteiger partial charge in [-0.25, -0.2) is 9.69 Å². The highest BCUT2D eigenvalue weighted by atomic mass is 28.4. The van der Waals surface area contributed by atoms with E-state index in [0.717, 1.165) is 6.42 Å². The van der Waals surface area contributed by atoms with Crippen molar-refractivity contribution in [1.29, 1.82) is 0 Å². The minimum Gasteiger partial charge on any atom is -0.443 e. The lowest BCUT2D eigenvalue weighted by molar-refractivity contribution is -0.131. The van der Waals surface area contributed by atoms with E-state index in [1.807, 2.05) is 32.9 Å². The second-order valence-corrected chi connectivity index (χ2v) is 24.6. The molecule has 238 valence electrons. The van der Waals surface area contributed by atoms with Crippen LogP contribution in [-0.4, -0.2) is 58.4 Å². The van der Waals surface area contributed by atoms with Gasteiger partial charge in [0.05, 0.1) is 12.6 Å². The predicted molar refractivity (Wildman–Crippen MR) is 181 cm³/mol. The zero-order valence-electron chi connectivity index (χ0n) is 28.5. The third-order valence-corrected chi connectivity index (χ3v) is 18.5. The number of benzene rings is 2. The van der Waals surface area contributed by atoms with Crippen LogP contribution in [0, 0.1) is 5.92 Å². The van der Waals surface area contributed by atoms with E-state index in [2.05, 4.69) is 103 Å². The Hall–Kier alpha value is -2.27. The summed E-state index contributed by atoms with van der Waals surface area (Å²) in [6.45, 7) is 24.2. The minimum absolute atomic E-state index is 0.132. The minimum atomic E-state index is -2.85. The lowest BCUT2D eigenvalue weighted by Gasteiger charge is -2.44. The van der Waals surface area contributed by atoms with Gasteiger partial charge in [-0.15, -0.1) is 0 Å². The molecule has 1 aliphatic heterocycles. The van der Waals surface area contributed by atoms with Crippen molar-refractivity contribution in [2.75, 3.05) is 13.2 Å². The first-order valence-electron chi connectivity index (χ1n) is 15.8. The van der Waals surface area contributed by atoms with Gasteiger partial charge < -0.3 is 13.6 Å². The van der Waals surface area contributed by atoms with Gasteiger partial charge in [-0.1, -0.05) is 102 Å². The molecule has 6 nitrogen and oxygen atoms in total. The van der Waals surface area contributed by atoms with Crippen molar-refractivity contribution >= 4 is 39.0 Å². The number of nitrogens with zero attached hydrogens (tertiary/aromatic N) is 1. The van der Waals surface area contributed by atoms with E-state index in [-0.39, 0.29) is 28.5 Å². The molecule has 0 unspecified atom stereocenters. The monoisotopic (exact) mass is 625 g/mol. The molecule has 0 radical (unpaired) electrons. The Morgan fingerprint density at radius 2 is 1.33 bits per heavy atom. The Morgan fingerprint density at radius 3 is 1.77 bits per heavy atom. The van der Waals surface area contributed by atoms with Crippen LogP contribution in [0.5, 0.6) is 0 Å². The number of carbonyl (C=O) groups is 2. The maximum absolute atomic E-state index is 13.8.